The number of carbonyl (C=O) groups excluding carboxylic acids is 1. The first kappa shape index (κ1) is 16.6. The Kier molecular flexibility index (Phi) is 5.57. The molecular weight excluding hydrogens is 336 g/mol. The Morgan fingerprint density at radius 2 is 2.10 bits per heavy atom. The van der Waals surface area contributed by atoms with E-state index in [4.69, 9.17) is 9.47 Å². The minimum atomic E-state index is -0.691. The molecule has 5 nitrogen and oxygen atoms in total. The van der Waals surface area contributed by atoms with Crippen LogP contribution in [0.4, 0.5) is 0 Å². The highest BCUT2D eigenvalue weighted by molar-refractivity contribution is 9.10. The SMILES string of the molecule is CCOC1(C(=O)Cc2c(Br)c(C)nn2CC)CCOCC1. The van der Waals surface area contributed by atoms with E-state index in [9.17, 15) is 4.79 Å². The Morgan fingerprint density at radius 1 is 1.43 bits per heavy atom. The van der Waals surface area contributed by atoms with Crippen LogP contribution in [0, 0.1) is 6.92 Å². The molecule has 1 aromatic heterocycles. The summed E-state index contributed by atoms with van der Waals surface area (Å²) < 4.78 is 14.0. The highest BCUT2D eigenvalue weighted by Crippen LogP contribution is 2.30. The first-order valence-corrected chi connectivity index (χ1v) is 8.30. The van der Waals surface area contributed by atoms with Gasteiger partial charge in [0.25, 0.3) is 0 Å². The largest absolute Gasteiger partial charge is 0.381 e. The zero-order valence-electron chi connectivity index (χ0n) is 12.9. The van der Waals surface area contributed by atoms with Gasteiger partial charge in [0.2, 0.25) is 0 Å². The number of aryl methyl sites for hydroxylation is 2. The molecule has 0 atom stereocenters. The number of Topliss-reactive ketones (excluding diaryl/α,β-unsaturated/α-hetero) is 1. The Morgan fingerprint density at radius 3 is 2.67 bits per heavy atom. The van der Waals surface area contributed by atoms with Crippen LogP contribution in [0.5, 0.6) is 0 Å². The van der Waals surface area contributed by atoms with Crippen molar-refractivity contribution in [2.75, 3.05) is 19.8 Å². The van der Waals surface area contributed by atoms with Crippen LogP contribution in [0.15, 0.2) is 4.47 Å². The molecule has 2 rings (SSSR count). The predicted molar refractivity (Wildman–Crippen MR) is 83.5 cm³/mol. The molecule has 21 heavy (non-hydrogen) atoms. The van der Waals surface area contributed by atoms with Gasteiger partial charge in [-0.2, -0.15) is 5.10 Å². The summed E-state index contributed by atoms with van der Waals surface area (Å²) >= 11 is 3.55. The van der Waals surface area contributed by atoms with Crippen molar-refractivity contribution in [3.05, 3.63) is 15.9 Å². The molecule has 0 aliphatic carbocycles. The van der Waals surface area contributed by atoms with Crippen LogP contribution in [0.3, 0.4) is 0 Å². The van der Waals surface area contributed by atoms with Gasteiger partial charge in [0, 0.05) is 39.2 Å². The molecule has 2 heterocycles. The van der Waals surface area contributed by atoms with Crippen molar-refractivity contribution in [1.29, 1.82) is 0 Å². The van der Waals surface area contributed by atoms with Gasteiger partial charge in [-0.3, -0.25) is 9.48 Å². The summed E-state index contributed by atoms with van der Waals surface area (Å²) in [7, 11) is 0. The maximum absolute atomic E-state index is 12.9. The van der Waals surface area contributed by atoms with E-state index in [1.54, 1.807) is 0 Å². The van der Waals surface area contributed by atoms with Gasteiger partial charge in [0.1, 0.15) is 5.60 Å². The number of ketones is 1. The maximum Gasteiger partial charge on any atom is 0.170 e. The third-order valence-corrected chi connectivity index (χ3v) is 5.04. The molecule has 0 unspecified atom stereocenters. The lowest BCUT2D eigenvalue weighted by molar-refractivity contribution is -0.156. The highest BCUT2D eigenvalue weighted by atomic mass is 79.9. The fraction of sp³-hybridized carbons (Fsp3) is 0.733. The summed E-state index contributed by atoms with van der Waals surface area (Å²) in [5.74, 6) is 0.128. The monoisotopic (exact) mass is 358 g/mol. The molecule has 1 aliphatic heterocycles. The molecule has 0 saturated carbocycles. The first-order valence-electron chi connectivity index (χ1n) is 7.51. The summed E-state index contributed by atoms with van der Waals surface area (Å²) in [4.78, 5) is 12.9. The average Bonchev–Trinajstić information content (AvgIpc) is 2.76. The molecular formula is C15H23BrN2O3. The van der Waals surface area contributed by atoms with E-state index in [0.29, 0.717) is 39.1 Å². The minimum Gasteiger partial charge on any atom is -0.381 e. The van der Waals surface area contributed by atoms with Crippen LogP contribution in [-0.2, 0) is 27.2 Å². The van der Waals surface area contributed by atoms with E-state index < -0.39 is 5.60 Å². The first-order chi connectivity index (χ1) is 10.0. The molecule has 0 bridgehead atoms. The van der Waals surface area contributed by atoms with Crippen molar-refractivity contribution < 1.29 is 14.3 Å². The molecule has 1 saturated heterocycles. The summed E-state index contributed by atoms with van der Waals surface area (Å²) in [6.45, 7) is 8.36. The lowest BCUT2D eigenvalue weighted by Gasteiger charge is -2.35. The standard InChI is InChI=1S/C15H23BrN2O3/c1-4-18-12(14(16)11(3)17-18)10-13(19)15(21-5-2)6-8-20-9-7-15/h4-10H2,1-3H3. The van der Waals surface area contributed by atoms with Crippen LogP contribution >= 0.6 is 15.9 Å². The van der Waals surface area contributed by atoms with Gasteiger partial charge < -0.3 is 9.47 Å². The maximum atomic E-state index is 12.9. The molecule has 1 aromatic rings. The van der Waals surface area contributed by atoms with Gasteiger partial charge in [-0.25, -0.2) is 0 Å². The molecule has 0 N–H and O–H groups in total. The third-order valence-electron chi connectivity index (χ3n) is 4.01. The van der Waals surface area contributed by atoms with Crippen LogP contribution in [0.25, 0.3) is 0 Å². The van der Waals surface area contributed by atoms with Gasteiger partial charge in [-0.05, 0) is 36.7 Å². The van der Waals surface area contributed by atoms with Crippen molar-refractivity contribution >= 4 is 21.7 Å². The molecule has 0 radical (unpaired) electrons. The molecule has 0 amide bonds. The number of hydrogen-bond donors (Lipinski definition) is 0. The molecule has 0 aromatic carbocycles. The molecule has 118 valence electrons. The van der Waals surface area contributed by atoms with Gasteiger partial charge >= 0.3 is 0 Å². The molecule has 1 aliphatic rings. The second-order valence-electron chi connectivity index (χ2n) is 5.30. The lowest BCUT2D eigenvalue weighted by Crippen LogP contribution is -2.47. The van der Waals surface area contributed by atoms with Crippen molar-refractivity contribution in [1.82, 2.24) is 9.78 Å². The molecule has 0 spiro atoms. The average molecular weight is 359 g/mol. The molecule has 6 heteroatoms. The van der Waals surface area contributed by atoms with Crippen molar-refractivity contribution in [2.24, 2.45) is 0 Å². The Balaban J connectivity index is 2.23. The van der Waals surface area contributed by atoms with Gasteiger partial charge in [0.05, 0.1) is 22.3 Å². The zero-order valence-corrected chi connectivity index (χ0v) is 14.5. The van der Waals surface area contributed by atoms with Crippen LogP contribution in [-0.4, -0.2) is 41.0 Å². The summed E-state index contributed by atoms with van der Waals surface area (Å²) in [5, 5.41) is 4.45. The number of hydrogen-bond acceptors (Lipinski definition) is 4. The van der Waals surface area contributed by atoms with E-state index in [0.717, 1.165) is 22.4 Å². The smallest absolute Gasteiger partial charge is 0.170 e. The van der Waals surface area contributed by atoms with Gasteiger partial charge in [0.15, 0.2) is 5.78 Å². The van der Waals surface area contributed by atoms with Gasteiger partial charge in [-0.15, -0.1) is 0 Å². The van der Waals surface area contributed by atoms with Crippen molar-refractivity contribution in [3.63, 3.8) is 0 Å². The normalized spacial score (nSPS) is 17.9. The van der Waals surface area contributed by atoms with Crippen molar-refractivity contribution in [2.45, 2.75) is 52.2 Å². The number of carbonyl (C=O) groups is 1. The number of aromatic nitrogens is 2. The number of halogens is 1. The van der Waals surface area contributed by atoms with E-state index in [2.05, 4.69) is 21.0 Å². The zero-order chi connectivity index (χ0) is 15.5. The molecule has 1 fully saturated rings. The Bertz CT molecular complexity index is 502. The fourth-order valence-corrected chi connectivity index (χ4v) is 3.26. The second-order valence-corrected chi connectivity index (χ2v) is 6.09. The topological polar surface area (TPSA) is 53.3 Å². The summed E-state index contributed by atoms with van der Waals surface area (Å²) in [6.07, 6.45) is 1.61. The number of ether oxygens (including phenoxy) is 2. The highest BCUT2D eigenvalue weighted by Gasteiger charge is 2.41. The van der Waals surface area contributed by atoms with Crippen molar-refractivity contribution in [3.8, 4) is 0 Å². The minimum absolute atomic E-state index is 0.128. The summed E-state index contributed by atoms with van der Waals surface area (Å²) in [6, 6.07) is 0. The summed E-state index contributed by atoms with van der Waals surface area (Å²) in [5.41, 5.74) is 1.16. The Labute approximate surface area is 134 Å². The number of rotatable bonds is 6. The van der Waals surface area contributed by atoms with E-state index in [1.807, 2.05) is 25.5 Å². The van der Waals surface area contributed by atoms with Crippen LogP contribution in [0.1, 0.15) is 38.1 Å². The fourth-order valence-electron chi connectivity index (χ4n) is 2.83. The van der Waals surface area contributed by atoms with Gasteiger partial charge in [-0.1, -0.05) is 0 Å². The number of nitrogens with zero attached hydrogens (tertiary/aromatic N) is 2. The third kappa shape index (κ3) is 3.38. The lowest BCUT2D eigenvalue weighted by atomic mass is 9.87. The Hall–Kier alpha value is -0.720. The second kappa shape index (κ2) is 7.03. The van der Waals surface area contributed by atoms with Crippen LogP contribution < -0.4 is 0 Å². The van der Waals surface area contributed by atoms with E-state index in [-0.39, 0.29) is 5.78 Å². The quantitative estimate of drug-likeness (QED) is 0.784. The van der Waals surface area contributed by atoms with Crippen LogP contribution in [0.2, 0.25) is 0 Å². The predicted octanol–water partition coefficient (Wildman–Crippen LogP) is 2.67. The van der Waals surface area contributed by atoms with E-state index in [1.165, 1.54) is 0 Å². The van der Waals surface area contributed by atoms with E-state index >= 15 is 0 Å².